The predicted octanol–water partition coefficient (Wildman–Crippen LogP) is 4.49. The van der Waals surface area contributed by atoms with Gasteiger partial charge < -0.3 is 15.1 Å². The van der Waals surface area contributed by atoms with Gasteiger partial charge in [-0.1, -0.05) is 43.0 Å². The topological polar surface area (TPSA) is 65.5 Å². The minimum Gasteiger partial charge on any atom is -0.355 e. The summed E-state index contributed by atoms with van der Waals surface area (Å²) in [7, 11) is 0. The van der Waals surface area contributed by atoms with E-state index in [9.17, 15) is 9.59 Å². The Morgan fingerprint density at radius 3 is 2.55 bits per heavy atom. The number of rotatable bonds is 7. The van der Waals surface area contributed by atoms with Crippen LogP contribution in [0.3, 0.4) is 0 Å². The van der Waals surface area contributed by atoms with Crippen LogP contribution in [0.25, 0.3) is 0 Å². The lowest BCUT2D eigenvalue weighted by Crippen LogP contribution is -2.49. The molecule has 1 N–H and O–H groups in total. The van der Waals surface area contributed by atoms with E-state index in [0.29, 0.717) is 48.4 Å². The number of pyridine rings is 1. The van der Waals surface area contributed by atoms with Crippen molar-refractivity contribution in [3.8, 4) is 0 Å². The molecule has 1 aromatic heterocycles. The van der Waals surface area contributed by atoms with Gasteiger partial charge >= 0.3 is 0 Å². The number of hydrogen-bond donors (Lipinski definition) is 1. The Morgan fingerprint density at radius 1 is 1.03 bits per heavy atom. The first kappa shape index (κ1) is 23.9. The molecule has 2 amide bonds. The summed E-state index contributed by atoms with van der Waals surface area (Å²) in [6.07, 6.45) is 8.02. The predicted molar refractivity (Wildman–Crippen MR) is 134 cm³/mol. The van der Waals surface area contributed by atoms with E-state index < -0.39 is 0 Å². The Balaban J connectivity index is 1.30. The third kappa shape index (κ3) is 6.42. The highest BCUT2D eigenvalue weighted by molar-refractivity contribution is 8.00. The van der Waals surface area contributed by atoms with Gasteiger partial charge in [0.2, 0.25) is 5.91 Å². The first-order valence-corrected chi connectivity index (χ1v) is 13.1. The van der Waals surface area contributed by atoms with Gasteiger partial charge in [-0.15, -0.1) is 11.8 Å². The average molecular weight is 487 g/mol. The van der Waals surface area contributed by atoms with Crippen molar-refractivity contribution in [1.82, 2.24) is 15.2 Å². The number of nitrogens with one attached hydrogen (secondary N) is 1. The van der Waals surface area contributed by atoms with Gasteiger partial charge in [-0.3, -0.25) is 9.59 Å². The van der Waals surface area contributed by atoms with Crippen molar-refractivity contribution < 1.29 is 9.59 Å². The van der Waals surface area contributed by atoms with Gasteiger partial charge in [-0.05, 0) is 43.0 Å². The summed E-state index contributed by atoms with van der Waals surface area (Å²) in [5, 5.41) is 3.71. The van der Waals surface area contributed by atoms with Crippen LogP contribution in [0.1, 0.15) is 42.5 Å². The van der Waals surface area contributed by atoms with Crippen molar-refractivity contribution in [2.24, 2.45) is 5.92 Å². The number of carbonyl (C=O) groups is 2. The molecule has 2 aromatic rings. The third-order valence-corrected chi connectivity index (χ3v) is 7.76. The molecule has 0 spiro atoms. The molecule has 6 nitrogen and oxygen atoms in total. The van der Waals surface area contributed by atoms with Gasteiger partial charge in [0.05, 0.1) is 16.3 Å². The van der Waals surface area contributed by atoms with Gasteiger partial charge in [0.1, 0.15) is 5.82 Å². The SMILES string of the molecule is O=C(CSc1ccccc1C(=O)N1CCN(c2ncccc2Cl)CC1)NCC1CCCCC1. The number of nitrogens with zero attached hydrogens (tertiary/aromatic N) is 3. The molecule has 1 saturated heterocycles. The van der Waals surface area contributed by atoms with E-state index in [0.717, 1.165) is 17.3 Å². The highest BCUT2D eigenvalue weighted by Crippen LogP contribution is 2.27. The molecular formula is C25H31ClN4O2S. The van der Waals surface area contributed by atoms with Crippen molar-refractivity contribution in [2.75, 3.05) is 43.4 Å². The van der Waals surface area contributed by atoms with Gasteiger partial charge in [-0.2, -0.15) is 0 Å². The van der Waals surface area contributed by atoms with Crippen molar-refractivity contribution in [3.63, 3.8) is 0 Å². The monoisotopic (exact) mass is 486 g/mol. The average Bonchev–Trinajstić information content (AvgIpc) is 2.87. The maximum absolute atomic E-state index is 13.3. The van der Waals surface area contributed by atoms with Crippen LogP contribution in [-0.2, 0) is 4.79 Å². The molecule has 1 aliphatic carbocycles. The first-order chi connectivity index (χ1) is 16.1. The standard InChI is InChI=1S/C25H31ClN4O2S/c26-21-10-6-12-27-24(21)29-13-15-30(16-14-29)25(32)20-9-4-5-11-22(20)33-18-23(31)28-17-19-7-2-1-3-8-19/h4-6,9-12,19H,1-3,7-8,13-18H2,(H,28,31). The summed E-state index contributed by atoms with van der Waals surface area (Å²) in [6, 6.07) is 11.2. The summed E-state index contributed by atoms with van der Waals surface area (Å²) >= 11 is 7.72. The van der Waals surface area contributed by atoms with E-state index in [1.165, 1.54) is 43.9 Å². The molecule has 0 unspecified atom stereocenters. The number of aromatic nitrogens is 1. The van der Waals surface area contributed by atoms with Gasteiger partial charge in [-0.25, -0.2) is 4.98 Å². The lowest BCUT2D eigenvalue weighted by atomic mass is 9.89. The molecule has 8 heteroatoms. The molecule has 1 saturated carbocycles. The van der Waals surface area contributed by atoms with Crippen LogP contribution in [0.15, 0.2) is 47.5 Å². The van der Waals surface area contributed by atoms with Gasteiger partial charge in [0.25, 0.3) is 5.91 Å². The lowest BCUT2D eigenvalue weighted by molar-refractivity contribution is -0.118. The second-order valence-electron chi connectivity index (χ2n) is 8.68. The van der Waals surface area contributed by atoms with Crippen LogP contribution in [0.5, 0.6) is 0 Å². The number of halogens is 1. The largest absolute Gasteiger partial charge is 0.355 e. The molecule has 1 aliphatic heterocycles. The van der Waals surface area contributed by atoms with Crippen LogP contribution < -0.4 is 10.2 Å². The normalized spacial score (nSPS) is 17.1. The summed E-state index contributed by atoms with van der Waals surface area (Å²) < 4.78 is 0. The summed E-state index contributed by atoms with van der Waals surface area (Å²) in [6.45, 7) is 3.34. The zero-order chi connectivity index (χ0) is 23.0. The molecule has 2 fully saturated rings. The smallest absolute Gasteiger partial charge is 0.255 e. The van der Waals surface area contributed by atoms with Crippen LogP contribution in [0.4, 0.5) is 5.82 Å². The van der Waals surface area contributed by atoms with E-state index in [1.54, 1.807) is 6.20 Å². The molecule has 2 heterocycles. The number of anilines is 1. The Morgan fingerprint density at radius 2 is 1.79 bits per heavy atom. The van der Waals surface area contributed by atoms with Crippen molar-refractivity contribution in [1.29, 1.82) is 0 Å². The second-order valence-corrected chi connectivity index (χ2v) is 10.1. The van der Waals surface area contributed by atoms with E-state index in [-0.39, 0.29) is 11.8 Å². The van der Waals surface area contributed by atoms with Crippen molar-refractivity contribution in [2.45, 2.75) is 37.0 Å². The number of thioether (sulfide) groups is 1. The van der Waals surface area contributed by atoms with Crippen molar-refractivity contribution >= 4 is 41.0 Å². The maximum atomic E-state index is 13.3. The maximum Gasteiger partial charge on any atom is 0.255 e. The molecule has 4 rings (SSSR count). The lowest BCUT2D eigenvalue weighted by Gasteiger charge is -2.36. The Labute approximate surface area is 205 Å². The van der Waals surface area contributed by atoms with E-state index in [2.05, 4.69) is 15.2 Å². The fraction of sp³-hybridized carbons (Fsp3) is 0.480. The molecule has 0 atom stereocenters. The molecule has 0 radical (unpaired) electrons. The number of piperazine rings is 1. The van der Waals surface area contributed by atoms with Crippen LogP contribution >= 0.6 is 23.4 Å². The minimum absolute atomic E-state index is 0.00693. The highest BCUT2D eigenvalue weighted by Gasteiger charge is 2.25. The first-order valence-electron chi connectivity index (χ1n) is 11.7. The van der Waals surface area contributed by atoms with E-state index >= 15 is 0 Å². The van der Waals surface area contributed by atoms with Crippen LogP contribution in [0.2, 0.25) is 5.02 Å². The van der Waals surface area contributed by atoms with Gasteiger partial charge in [0, 0.05) is 43.8 Å². The molecule has 2 aliphatic rings. The minimum atomic E-state index is 0.00693. The number of carbonyl (C=O) groups excluding carboxylic acids is 2. The Kier molecular flexibility index (Phi) is 8.51. The van der Waals surface area contributed by atoms with Crippen LogP contribution in [-0.4, -0.2) is 60.2 Å². The van der Waals surface area contributed by atoms with Crippen molar-refractivity contribution in [3.05, 3.63) is 53.2 Å². The number of benzene rings is 1. The number of hydrogen-bond acceptors (Lipinski definition) is 5. The van der Waals surface area contributed by atoms with E-state index in [1.807, 2.05) is 41.3 Å². The summed E-state index contributed by atoms with van der Waals surface area (Å²) in [4.78, 5) is 34.9. The Bertz CT molecular complexity index is 959. The quantitative estimate of drug-likeness (QED) is 0.584. The third-order valence-electron chi connectivity index (χ3n) is 6.39. The Hall–Kier alpha value is -2.25. The highest BCUT2D eigenvalue weighted by atomic mass is 35.5. The van der Waals surface area contributed by atoms with E-state index in [4.69, 9.17) is 11.6 Å². The summed E-state index contributed by atoms with van der Waals surface area (Å²) in [5.41, 5.74) is 0.659. The molecule has 0 bridgehead atoms. The molecule has 33 heavy (non-hydrogen) atoms. The van der Waals surface area contributed by atoms with Crippen LogP contribution in [0, 0.1) is 5.92 Å². The number of amides is 2. The van der Waals surface area contributed by atoms with Gasteiger partial charge in [0.15, 0.2) is 0 Å². The fourth-order valence-corrected chi connectivity index (χ4v) is 5.63. The molecule has 1 aromatic carbocycles. The molecular weight excluding hydrogens is 456 g/mol. The fourth-order valence-electron chi connectivity index (χ4n) is 4.51. The second kappa shape index (κ2) is 11.7. The summed E-state index contributed by atoms with van der Waals surface area (Å²) in [5.74, 6) is 1.74. The molecule has 176 valence electrons. The zero-order valence-electron chi connectivity index (χ0n) is 18.8. The zero-order valence-corrected chi connectivity index (χ0v) is 20.4.